The normalized spacial score (nSPS) is 10.2. The summed E-state index contributed by atoms with van der Waals surface area (Å²) in [5.74, 6) is 0.417. The Kier molecular flexibility index (Phi) is 5.17. The summed E-state index contributed by atoms with van der Waals surface area (Å²) >= 11 is 6.11. The van der Waals surface area contributed by atoms with Crippen LogP contribution in [-0.2, 0) is 0 Å². The van der Waals surface area contributed by atoms with Gasteiger partial charge in [-0.25, -0.2) is 4.98 Å². The quantitative estimate of drug-likeness (QED) is 0.873. The Morgan fingerprint density at radius 3 is 2.81 bits per heavy atom. The number of nitrogens with zero attached hydrogens (tertiary/aromatic N) is 1. The van der Waals surface area contributed by atoms with Gasteiger partial charge in [0, 0.05) is 6.54 Å². The molecular formula is C16H18ClN3O. The number of nitrogens with one attached hydrogen (secondary N) is 2. The average molecular weight is 304 g/mol. The topological polar surface area (TPSA) is 54.0 Å². The Morgan fingerprint density at radius 1 is 1.29 bits per heavy atom. The van der Waals surface area contributed by atoms with Crippen LogP contribution in [0.15, 0.2) is 36.4 Å². The van der Waals surface area contributed by atoms with Crippen LogP contribution in [0.3, 0.4) is 0 Å². The molecule has 0 radical (unpaired) electrons. The molecule has 4 nitrogen and oxygen atoms in total. The molecule has 0 spiro atoms. The SMILES string of the molecule is CCCNc1cccc(C(=O)Nc2ccc(C)cc2Cl)n1. The number of carbonyl (C=O) groups is 1. The molecule has 5 heteroatoms. The fourth-order valence-corrected chi connectivity index (χ4v) is 2.10. The van der Waals surface area contributed by atoms with Gasteiger partial charge >= 0.3 is 0 Å². The molecule has 1 aromatic carbocycles. The van der Waals surface area contributed by atoms with Crippen LogP contribution >= 0.6 is 11.6 Å². The van der Waals surface area contributed by atoms with Gasteiger partial charge in [-0.2, -0.15) is 0 Å². The molecule has 0 bridgehead atoms. The first-order valence-corrected chi connectivity index (χ1v) is 7.26. The summed E-state index contributed by atoms with van der Waals surface area (Å²) in [6, 6.07) is 10.8. The third-order valence-corrected chi connectivity index (χ3v) is 3.22. The van der Waals surface area contributed by atoms with E-state index >= 15 is 0 Å². The molecule has 0 aliphatic rings. The molecule has 2 N–H and O–H groups in total. The summed E-state index contributed by atoms with van der Waals surface area (Å²) in [5.41, 5.74) is 1.98. The standard InChI is InChI=1S/C16H18ClN3O/c1-3-9-18-15-6-4-5-14(19-15)16(21)20-13-8-7-11(2)10-12(13)17/h4-8,10H,3,9H2,1-2H3,(H,18,19)(H,20,21). The third-order valence-electron chi connectivity index (χ3n) is 2.91. The molecule has 21 heavy (non-hydrogen) atoms. The molecule has 0 unspecified atom stereocenters. The number of aryl methyl sites for hydroxylation is 1. The second-order valence-electron chi connectivity index (χ2n) is 4.77. The van der Waals surface area contributed by atoms with Gasteiger partial charge in [0.2, 0.25) is 0 Å². The fraction of sp³-hybridized carbons (Fsp3) is 0.250. The van der Waals surface area contributed by atoms with Crippen molar-refractivity contribution < 1.29 is 4.79 Å². The van der Waals surface area contributed by atoms with Gasteiger partial charge in [-0.1, -0.05) is 30.7 Å². The highest BCUT2D eigenvalue weighted by Crippen LogP contribution is 2.23. The number of hydrogen-bond acceptors (Lipinski definition) is 3. The first-order chi connectivity index (χ1) is 10.1. The van der Waals surface area contributed by atoms with Crippen molar-refractivity contribution >= 4 is 29.0 Å². The van der Waals surface area contributed by atoms with E-state index in [0.717, 1.165) is 18.5 Å². The monoisotopic (exact) mass is 303 g/mol. The Balaban J connectivity index is 2.12. The lowest BCUT2D eigenvalue weighted by molar-refractivity contribution is 0.102. The van der Waals surface area contributed by atoms with Crippen molar-refractivity contribution in [2.45, 2.75) is 20.3 Å². The fourth-order valence-electron chi connectivity index (χ4n) is 1.82. The molecule has 0 aliphatic heterocycles. The minimum Gasteiger partial charge on any atom is -0.370 e. The van der Waals surface area contributed by atoms with E-state index < -0.39 is 0 Å². The highest BCUT2D eigenvalue weighted by atomic mass is 35.5. The number of carbonyl (C=O) groups excluding carboxylic acids is 1. The summed E-state index contributed by atoms with van der Waals surface area (Å²) in [6.45, 7) is 4.84. The van der Waals surface area contributed by atoms with E-state index in [1.54, 1.807) is 18.2 Å². The number of amides is 1. The molecule has 2 rings (SSSR count). The van der Waals surface area contributed by atoms with Gasteiger partial charge < -0.3 is 10.6 Å². The van der Waals surface area contributed by atoms with E-state index in [1.165, 1.54) is 0 Å². The molecule has 1 heterocycles. The first-order valence-electron chi connectivity index (χ1n) is 6.88. The number of pyridine rings is 1. The highest BCUT2D eigenvalue weighted by molar-refractivity contribution is 6.34. The Bertz CT molecular complexity index is 643. The Labute approximate surface area is 129 Å². The zero-order valence-corrected chi connectivity index (χ0v) is 12.9. The molecule has 1 aromatic heterocycles. The maximum Gasteiger partial charge on any atom is 0.274 e. The lowest BCUT2D eigenvalue weighted by atomic mass is 10.2. The van der Waals surface area contributed by atoms with E-state index in [-0.39, 0.29) is 5.91 Å². The Morgan fingerprint density at radius 2 is 2.10 bits per heavy atom. The van der Waals surface area contributed by atoms with Gasteiger partial charge in [0.15, 0.2) is 0 Å². The van der Waals surface area contributed by atoms with Crippen LogP contribution in [0.25, 0.3) is 0 Å². The van der Waals surface area contributed by atoms with Crippen LogP contribution in [-0.4, -0.2) is 17.4 Å². The number of aromatic nitrogens is 1. The second kappa shape index (κ2) is 7.09. The second-order valence-corrected chi connectivity index (χ2v) is 5.18. The summed E-state index contributed by atoms with van der Waals surface area (Å²) in [6.07, 6.45) is 0.997. The van der Waals surface area contributed by atoms with Crippen molar-refractivity contribution in [1.82, 2.24) is 4.98 Å². The van der Waals surface area contributed by atoms with Gasteiger partial charge in [-0.15, -0.1) is 0 Å². The van der Waals surface area contributed by atoms with Crippen LogP contribution in [0.1, 0.15) is 29.4 Å². The number of hydrogen-bond donors (Lipinski definition) is 2. The van der Waals surface area contributed by atoms with E-state index in [2.05, 4.69) is 22.5 Å². The number of halogens is 1. The molecule has 2 aromatic rings. The molecule has 0 fully saturated rings. The number of anilines is 2. The van der Waals surface area contributed by atoms with E-state index in [0.29, 0.717) is 22.2 Å². The summed E-state index contributed by atoms with van der Waals surface area (Å²) in [5, 5.41) is 6.45. The van der Waals surface area contributed by atoms with Crippen LogP contribution in [0.4, 0.5) is 11.5 Å². The van der Waals surface area contributed by atoms with Crippen LogP contribution in [0, 0.1) is 6.92 Å². The molecule has 110 valence electrons. The van der Waals surface area contributed by atoms with Gasteiger partial charge in [-0.05, 0) is 43.2 Å². The van der Waals surface area contributed by atoms with E-state index in [4.69, 9.17) is 11.6 Å². The van der Waals surface area contributed by atoms with Crippen molar-refractivity contribution in [3.8, 4) is 0 Å². The summed E-state index contributed by atoms with van der Waals surface area (Å²) in [4.78, 5) is 16.5. The van der Waals surface area contributed by atoms with Crippen molar-refractivity contribution in [3.05, 3.63) is 52.7 Å². The smallest absolute Gasteiger partial charge is 0.274 e. The number of benzene rings is 1. The van der Waals surface area contributed by atoms with Crippen molar-refractivity contribution in [3.63, 3.8) is 0 Å². The van der Waals surface area contributed by atoms with Gasteiger partial charge in [-0.3, -0.25) is 4.79 Å². The first kappa shape index (κ1) is 15.3. The minimum atomic E-state index is -0.277. The molecule has 0 aliphatic carbocycles. The highest BCUT2D eigenvalue weighted by Gasteiger charge is 2.10. The Hall–Kier alpha value is -2.07. The lowest BCUT2D eigenvalue weighted by Crippen LogP contribution is -2.15. The summed E-state index contributed by atoms with van der Waals surface area (Å²) < 4.78 is 0. The number of rotatable bonds is 5. The van der Waals surface area contributed by atoms with Gasteiger partial charge in [0.25, 0.3) is 5.91 Å². The maximum absolute atomic E-state index is 12.2. The minimum absolute atomic E-state index is 0.277. The largest absolute Gasteiger partial charge is 0.370 e. The zero-order chi connectivity index (χ0) is 15.2. The van der Waals surface area contributed by atoms with Crippen molar-refractivity contribution in [2.24, 2.45) is 0 Å². The van der Waals surface area contributed by atoms with E-state index in [9.17, 15) is 4.79 Å². The van der Waals surface area contributed by atoms with Crippen LogP contribution in [0.5, 0.6) is 0 Å². The maximum atomic E-state index is 12.2. The predicted octanol–water partition coefficient (Wildman–Crippen LogP) is 4.12. The van der Waals surface area contributed by atoms with Gasteiger partial charge in [0.1, 0.15) is 11.5 Å². The van der Waals surface area contributed by atoms with Crippen LogP contribution < -0.4 is 10.6 Å². The molecule has 0 atom stereocenters. The lowest BCUT2D eigenvalue weighted by Gasteiger charge is -2.09. The van der Waals surface area contributed by atoms with Crippen molar-refractivity contribution in [1.29, 1.82) is 0 Å². The molecule has 0 saturated carbocycles. The summed E-state index contributed by atoms with van der Waals surface area (Å²) in [7, 11) is 0. The predicted molar refractivity (Wildman–Crippen MR) is 87.2 cm³/mol. The zero-order valence-electron chi connectivity index (χ0n) is 12.1. The third kappa shape index (κ3) is 4.20. The van der Waals surface area contributed by atoms with Crippen molar-refractivity contribution in [2.75, 3.05) is 17.2 Å². The van der Waals surface area contributed by atoms with Gasteiger partial charge in [0.05, 0.1) is 10.7 Å². The van der Waals surface area contributed by atoms with Crippen LogP contribution in [0.2, 0.25) is 5.02 Å². The molecule has 1 amide bonds. The molecule has 0 saturated heterocycles. The average Bonchev–Trinajstić information content (AvgIpc) is 2.48. The van der Waals surface area contributed by atoms with E-state index in [1.807, 2.05) is 25.1 Å². The molecular weight excluding hydrogens is 286 g/mol.